The molecule has 0 aromatic heterocycles. The molecule has 146 valence electrons. The second-order valence-corrected chi connectivity index (χ2v) is 9.40. The molecule has 3 N–H and O–H groups in total. The van der Waals surface area contributed by atoms with Crippen LogP contribution in [-0.4, -0.2) is 17.1 Å². The molecule has 0 radical (unpaired) electrons. The lowest BCUT2D eigenvalue weighted by Gasteiger charge is -2.22. The number of halogens is 1. The number of nitrogens with two attached hydrogens (primary N) is 1. The highest BCUT2D eigenvalue weighted by Gasteiger charge is 2.14. The van der Waals surface area contributed by atoms with E-state index in [1.165, 1.54) is 16.7 Å². The van der Waals surface area contributed by atoms with Gasteiger partial charge in [0.15, 0.2) is 0 Å². The average Bonchev–Trinajstić information content (AvgIpc) is 2.61. The van der Waals surface area contributed by atoms with Crippen molar-refractivity contribution in [2.75, 3.05) is 6.54 Å². The Kier molecular flexibility index (Phi) is 8.17. The van der Waals surface area contributed by atoms with Crippen molar-refractivity contribution in [3.63, 3.8) is 0 Å². The Balaban J connectivity index is 2.12. The summed E-state index contributed by atoms with van der Waals surface area (Å²) < 4.78 is 0. The van der Waals surface area contributed by atoms with Crippen molar-refractivity contribution in [1.29, 1.82) is 0 Å². The maximum atomic E-state index is 6.50. The van der Waals surface area contributed by atoms with Crippen molar-refractivity contribution >= 4 is 40.6 Å². The van der Waals surface area contributed by atoms with E-state index in [4.69, 9.17) is 29.6 Å². The van der Waals surface area contributed by atoms with Crippen LogP contribution in [0.25, 0.3) is 0 Å². The minimum atomic E-state index is -0.0357. The van der Waals surface area contributed by atoms with E-state index in [0.717, 1.165) is 39.1 Å². The van der Waals surface area contributed by atoms with Gasteiger partial charge in [-0.1, -0.05) is 61.1 Å². The molecule has 2 nitrogen and oxygen atoms in total. The third-order valence-corrected chi connectivity index (χ3v) is 6.17. The van der Waals surface area contributed by atoms with E-state index >= 15 is 0 Å². The zero-order valence-electron chi connectivity index (χ0n) is 16.6. The minimum Gasteiger partial charge on any atom is -0.371 e. The molecule has 0 atom stereocenters. The lowest BCUT2D eigenvalue weighted by atomic mass is 10.0. The predicted molar refractivity (Wildman–Crippen MR) is 124 cm³/mol. The molecule has 2 rings (SSSR count). The second kappa shape index (κ2) is 9.92. The summed E-state index contributed by atoms with van der Waals surface area (Å²) in [6.45, 7) is 9.13. The lowest BCUT2D eigenvalue weighted by molar-refractivity contribution is 0.515. The number of hydrogen-bond donors (Lipinski definition) is 2. The van der Waals surface area contributed by atoms with Gasteiger partial charge in [0.1, 0.15) is 4.99 Å². The van der Waals surface area contributed by atoms with Crippen molar-refractivity contribution in [1.82, 2.24) is 5.32 Å². The largest absolute Gasteiger partial charge is 0.371 e. The molecule has 0 aliphatic heterocycles. The lowest BCUT2D eigenvalue weighted by Crippen LogP contribution is -2.39. The standard InChI is InChI=1S/C22H29ClN2S2/c1-5-16-10-11-19(23)20(18(16)12-13-24)27-14-15-6-8-17(9-7-15)21(26)25-22(2,3)4/h6-11H,5,12-14,24H2,1-4H3,(H,25,26). The number of thioether (sulfide) groups is 1. The van der Waals surface area contributed by atoms with Gasteiger partial charge in [0.05, 0.1) is 5.02 Å². The highest BCUT2D eigenvalue weighted by molar-refractivity contribution is 7.98. The van der Waals surface area contributed by atoms with Crippen LogP contribution in [0.5, 0.6) is 0 Å². The first-order valence-electron chi connectivity index (χ1n) is 9.29. The fourth-order valence-corrected chi connectivity index (χ4v) is 4.77. The van der Waals surface area contributed by atoms with Crippen LogP contribution in [0.3, 0.4) is 0 Å². The minimum absolute atomic E-state index is 0.0357. The van der Waals surface area contributed by atoms with Gasteiger partial charge >= 0.3 is 0 Å². The van der Waals surface area contributed by atoms with Crippen LogP contribution in [0.1, 0.15) is 49.9 Å². The molecule has 0 unspecified atom stereocenters. The summed E-state index contributed by atoms with van der Waals surface area (Å²) in [6.07, 6.45) is 1.85. The topological polar surface area (TPSA) is 38.0 Å². The van der Waals surface area contributed by atoms with Gasteiger partial charge in [0.25, 0.3) is 0 Å². The van der Waals surface area contributed by atoms with Crippen LogP contribution in [0.15, 0.2) is 41.3 Å². The highest BCUT2D eigenvalue weighted by Crippen LogP contribution is 2.35. The molecule has 0 heterocycles. The summed E-state index contributed by atoms with van der Waals surface area (Å²) in [7, 11) is 0. The van der Waals surface area contributed by atoms with Gasteiger partial charge in [0.2, 0.25) is 0 Å². The first-order chi connectivity index (χ1) is 12.7. The van der Waals surface area contributed by atoms with Crippen molar-refractivity contribution in [3.05, 3.63) is 63.7 Å². The fraction of sp³-hybridized carbons (Fsp3) is 0.409. The maximum Gasteiger partial charge on any atom is 0.106 e. The third kappa shape index (κ3) is 6.49. The van der Waals surface area contributed by atoms with E-state index in [9.17, 15) is 0 Å². The number of nitrogens with one attached hydrogen (secondary N) is 1. The summed E-state index contributed by atoms with van der Waals surface area (Å²) in [4.78, 5) is 1.95. The van der Waals surface area contributed by atoms with E-state index in [2.05, 4.69) is 63.3 Å². The van der Waals surface area contributed by atoms with Gasteiger partial charge in [0, 0.05) is 21.8 Å². The predicted octanol–water partition coefficient (Wildman–Crippen LogP) is 5.76. The summed E-state index contributed by atoms with van der Waals surface area (Å²) in [5.41, 5.74) is 10.7. The molecular formula is C22H29ClN2S2. The summed E-state index contributed by atoms with van der Waals surface area (Å²) in [6, 6.07) is 12.6. The first-order valence-corrected chi connectivity index (χ1v) is 11.1. The molecule has 0 fully saturated rings. The smallest absolute Gasteiger partial charge is 0.106 e. The SMILES string of the molecule is CCc1ccc(Cl)c(SCc2ccc(C(=S)NC(C)(C)C)cc2)c1CCN. The monoisotopic (exact) mass is 420 g/mol. The molecule has 2 aromatic carbocycles. The maximum absolute atomic E-state index is 6.50. The van der Waals surface area contributed by atoms with Gasteiger partial charge in [-0.05, 0) is 62.9 Å². The Bertz CT molecular complexity index is 780. The summed E-state index contributed by atoms with van der Waals surface area (Å²) in [5.74, 6) is 0.865. The van der Waals surface area contributed by atoms with Gasteiger partial charge < -0.3 is 11.1 Å². The summed E-state index contributed by atoms with van der Waals surface area (Å²) >= 11 is 13.8. The number of benzene rings is 2. The van der Waals surface area contributed by atoms with Gasteiger partial charge in [-0.25, -0.2) is 0 Å². The quantitative estimate of drug-likeness (QED) is 0.441. The van der Waals surface area contributed by atoms with Crippen molar-refractivity contribution in [2.24, 2.45) is 5.73 Å². The van der Waals surface area contributed by atoms with Crippen molar-refractivity contribution in [3.8, 4) is 0 Å². The third-order valence-electron chi connectivity index (χ3n) is 4.17. The van der Waals surface area contributed by atoms with E-state index in [-0.39, 0.29) is 5.54 Å². The average molecular weight is 421 g/mol. The molecule has 5 heteroatoms. The number of rotatable bonds is 7. The van der Waals surface area contributed by atoms with Crippen LogP contribution in [0.4, 0.5) is 0 Å². The van der Waals surface area contributed by atoms with Gasteiger partial charge in [-0.3, -0.25) is 0 Å². The number of hydrogen-bond acceptors (Lipinski definition) is 3. The van der Waals surface area contributed by atoms with Crippen molar-refractivity contribution in [2.45, 2.75) is 56.7 Å². The molecule has 0 saturated heterocycles. The van der Waals surface area contributed by atoms with Crippen LogP contribution in [0.2, 0.25) is 5.02 Å². The molecule has 27 heavy (non-hydrogen) atoms. The number of thiocarbonyl (C=S) groups is 1. The zero-order valence-corrected chi connectivity index (χ0v) is 19.0. The molecule has 0 aliphatic rings. The first kappa shape index (κ1) is 22.2. The molecule has 0 aliphatic carbocycles. The Labute approximate surface area is 178 Å². The molecule has 2 aromatic rings. The normalized spacial score (nSPS) is 11.5. The second-order valence-electron chi connectivity index (χ2n) is 7.60. The Morgan fingerprint density at radius 1 is 1.15 bits per heavy atom. The zero-order chi connectivity index (χ0) is 20.0. The highest BCUT2D eigenvalue weighted by atomic mass is 35.5. The van der Waals surface area contributed by atoms with Gasteiger partial charge in [-0.15, -0.1) is 11.8 Å². The van der Waals surface area contributed by atoms with E-state index < -0.39 is 0 Å². The Morgan fingerprint density at radius 2 is 1.81 bits per heavy atom. The molecule has 0 bridgehead atoms. The van der Waals surface area contributed by atoms with E-state index in [1.807, 2.05) is 6.07 Å². The van der Waals surface area contributed by atoms with Gasteiger partial charge in [-0.2, -0.15) is 0 Å². The van der Waals surface area contributed by atoms with Crippen LogP contribution < -0.4 is 11.1 Å². The Morgan fingerprint density at radius 3 is 2.37 bits per heavy atom. The van der Waals surface area contributed by atoms with Crippen LogP contribution in [-0.2, 0) is 18.6 Å². The fourth-order valence-electron chi connectivity index (χ4n) is 2.87. The molecular weight excluding hydrogens is 392 g/mol. The van der Waals surface area contributed by atoms with E-state index in [1.54, 1.807) is 11.8 Å². The van der Waals surface area contributed by atoms with E-state index in [0.29, 0.717) is 6.54 Å². The van der Waals surface area contributed by atoms with Crippen molar-refractivity contribution < 1.29 is 0 Å². The van der Waals surface area contributed by atoms with Crippen LogP contribution in [0, 0.1) is 0 Å². The molecule has 0 saturated carbocycles. The molecule has 0 amide bonds. The summed E-state index contributed by atoms with van der Waals surface area (Å²) in [5, 5.41) is 4.16. The molecule has 0 spiro atoms. The Hall–Kier alpha value is -1.07. The number of aryl methyl sites for hydroxylation is 1. The van der Waals surface area contributed by atoms with Crippen LogP contribution >= 0.6 is 35.6 Å².